The standard InChI is InChI=1S/C13H15NO2/c14-12(13(15)16)8-9-5-6-10-3-1-2-4-11(10)7-9/h2,4-7,12H,1,3,8,14H2,(H,15,16). The van der Waals surface area contributed by atoms with Gasteiger partial charge in [-0.2, -0.15) is 0 Å². The van der Waals surface area contributed by atoms with Gasteiger partial charge in [0.25, 0.3) is 0 Å². The second-order valence-corrected chi connectivity index (χ2v) is 4.12. The number of carbonyl (C=O) groups is 1. The molecule has 1 aromatic carbocycles. The number of rotatable bonds is 3. The SMILES string of the molecule is NC(Cc1ccc2c(c1)C=CCC2)C(=O)O. The maximum absolute atomic E-state index is 10.7. The predicted molar refractivity (Wildman–Crippen MR) is 63.1 cm³/mol. The fraction of sp³-hybridized carbons (Fsp3) is 0.308. The number of aryl methyl sites for hydroxylation is 1. The largest absolute Gasteiger partial charge is 0.480 e. The van der Waals surface area contributed by atoms with Gasteiger partial charge in [-0.05, 0) is 36.0 Å². The van der Waals surface area contributed by atoms with Gasteiger partial charge >= 0.3 is 5.97 Å². The topological polar surface area (TPSA) is 63.3 Å². The van der Waals surface area contributed by atoms with Crippen molar-refractivity contribution in [3.8, 4) is 0 Å². The van der Waals surface area contributed by atoms with Gasteiger partial charge in [-0.25, -0.2) is 0 Å². The first-order valence-electron chi connectivity index (χ1n) is 5.43. The zero-order valence-corrected chi connectivity index (χ0v) is 9.02. The highest BCUT2D eigenvalue weighted by atomic mass is 16.4. The summed E-state index contributed by atoms with van der Waals surface area (Å²) in [6.07, 6.45) is 6.77. The van der Waals surface area contributed by atoms with Crippen molar-refractivity contribution in [2.45, 2.75) is 25.3 Å². The zero-order valence-electron chi connectivity index (χ0n) is 9.02. The van der Waals surface area contributed by atoms with Crippen LogP contribution >= 0.6 is 0 Å². The Morgan fingerprint density at radius 3 is 3.06 bits per heavy atom. The molecule has 0 aromatic heterocycles. The van der Waals surface area contributed by atoms with Crippen LogP contribution in [0.25, 0.3) is 6.08 Å². The van der Waals surface area contributed by atoms with Crippen LogP contribution in [0.15, 0.2) is 24.3 Å². The van der Waals surface area contributed by atoms with Crippen LogP contribution in [0.3, 0.4) is 0 Å². The van der Waals surface area contributed by atoms with E-state index in [9.17, 15) is 4.79 Å². The van der Waals surface area contributed by atoms with Crippen molar-refractivity contribution in [3.63, 3.8) is 0 Å². The molecule has 0 spiro atoms. The van der Waals surface area contributed by atoms with Crippen molar-refractivity contribution in [2.24, 2.45) is 5.73 Å². The number of hydrogen-bond acceptors (Lipinski definition) is 2. The summed E-state index contributed by atoms with van der Waals surface area (Å²) in [6.45, 7) is 0. The molecule has 0 saturated carbocycles. The Labute approximate surface area is 94.6 Å². The van der Waals surface area contributed by atoms with E-state index in [2.05, 4.69) is 18.2 Å². The fourth-order valence-electron chi connectivity index (χ4n) is 1.94. The lowest BCUT2D eigenvalue weighted by Gasteiger charge is -2.13. The van der Waals surface area contributed by atoms with Gasteiger partial charge in [0, 0.05) is 0 Å². The van der Waals surface area contributed by atoms with Crippen LogP contribution in [0.2, 0.25) is 0 Å². The Morgan fingerprint density at radius 2 is 2.31 bits per heavy atom. The van der Waals surface area contributed by atoms with E-state index in [4.69, 9.17) is 10.8 Å². The minimum absolute atomic E-state index is 0.385. The summed E-state index contributed by atoms with van der Waals surface area (Å²) in [5.41, 5.74) is 9.02. The molecule has 3 N–H and O–H groups in total. The summed E-state index contributed by atoms with van der Waals surface area (Å²) >= 11 is 0. The predicted octanol–water partition coefficient (Wildman–Crippen LogP) is 1.60. The molecular weight excluding hydrogens is 202 g/mol. The highest BCUT2D eigenvalue weighted by molar-refractivity contribution is 5.73. The Kier molecular flexibility index (Phi) is 3.06. The quantitative estimate of drug-likeness (QED) is 0.808. The van der Waals surface area contributed by atoms with Crippen molar-refractivity contribution >= 4 is 12.0 Å². The molecule has 0 saturated heterocycles. The Bertz CT molecular complexity index is 438. The van der Waals surface area contributed by atoms with Crippen molar-refractivity contribution < 1.29 is 9.90 Å². The first-order valence-corrected chi connectivity index (χ1v) is 5.43. The van der Waals surface area contributed by atoms with E-state index in [0.717, 1.165) is 18.4 Å². The Balaban J connectivity index is 2.18. The van der Waals surface area contributed by atoms with Crippen molar-refractivity contribution in [3.05, 3.63) is 41.0 Å². The first kappa shape index (κ1) is 10.9. The average molecular weight is 217 g/mol. The highest BCUT2D eigenvalue weighted by Gasteiger charge is 2.13. The summed E-state index contributed by atoms with van der Waals surface area (Å²) in [6, 6.07) is 5.27. The minimum Gasteiger partial charge on any atom is -0.480 e. The van der Waals surface area contributed by atoms with Crippen LogP contribution < -0.4 is 5.73 Å². The van der Waals surface area contributed by atoms with Crippen LogP contribution in [-0.4, -0.2) is 17.1 Å². The van der Waals surface area contributed by atoms with E-state index in [1.54, 1.807) is 0 Å². The molecule has 1 aromatic rings. The molecule has 0 bridgehead atoms. The molecule has 2 rings (SSSR count). The van der Waals surface area contributed by atoms with Gasteiger partial charge in [-0.15, -0.1) is 0 Å². The third-order valence-corrected chi connectivity index (χ3v) is 2.86. The lowest BCUT2D eigenvalue weighted by molar-refractivity contribution is -0.138. The number of carboxylic acid groups (broad SMARTS) is 1. The lowest BCUT2D eigenvalue weighted by Crippen LogP contribution is -2.32. The van der Waals surface area contributed by atoms with Gasteiger partial charge in [0.05, 0.1) is 0 Å². The highest BCUT2D eigenvalue weighted by Crippen LogP contribution is 2.20. The zero-order chi connectivity index (χ0) is 11.5. The molecule has 0 radical (unpaired) electrons. The average Bonchev–Trinajstić information content (AvgIpc) is 2.28. The maximum atomic E-state index is 10.7. The number of carboxylic acids is 1. The number of nitrogens with two attached hydrogens (primary N) is 1. The second-order valence-electron chi connectivity index (χ2n) is 4.12. The Morgan fingerprint density at radius 1 is 1.50 bits per heavy atom. The molecule has 3 nitrogen and oxygen atoms in total. The smallest absolute Gasteiger partial charge is 0.320 e. The molecular formula is C13H15NO2. The molecule has 0 fully saturated rings. The van der Waals surface area contributed by atoms with Gasteiger partial charge in [0.1, 0.15) is 6.04 Å². The van der Waals surface area contributed by atoms with E-state index < -0.39 is 12.0 Å². The van der Waals surface area contributed by atoms with E-state index in [1.165, 1.54) is 11.1 Å². The molecule has 84 valence electrons. The normalized spacial score (nSPS) is 15.6. The van der Waals surface area contributed by atoms with E-state index in [1.807, 2.05) is 12.1 Å². The first-order chi connectivity index (χ1) is 7.66. The van der Waals surface area contributed by atoms with Gasteiger partial charge in [0.15, 0.2) is 0 Å². The summed E-state index contributed by atoms with van der Waals surface area (Å²) in [7, 11) is 0. The number of fused-ring (bicyclic) bond motifs is 1. The van der Waals surface area contributed by atoms with Crippen LogP contribution in [0.4, 0.5) is 0 Å². The number of benzene rings is 1. The van der Waals surface area contributed by atoms with Gasteiger partial charge in [0.2, 0.25) is 0 Å². The minimum atomic E-state index is -0.951. The van der Waals surface area contributed by atoms with Crippen LogP contribution in [0.5, 0.6) is 0 Å². The maximum Gasteiger partial charge on any atom is 0.320 e. The molecule has 1 aliphatic rings. The molecule has 0 heterocycles. The number of aliphatic carboxylic acids is 1. The van der Waals surface area contributed by atoms with E-state index >= 15 is 0 Å². The van der Waals surface area contributed by atoms with E-state index in [0.29, 0.717) is 6.42 Å². The number of allylic oxidation sites excluding steroid dienone is 1. The summed E-state index contributed by atoms with van der Waals surface area (Å²) in [4.78, 5) is 10.7. The molecule has 3 heteroatoms. The summed E-state index contributed by atoms with van der Waals surface area (Å²) in [5.74, 6) is -0.951. The third kappa shape index (κ3) is 2.31. The fourth-order valence-corrected chi connectivity index (χ4v) is 1.94. The second kappa shape index (κ2) is 4.49. The molecule has 0 amide bonds. The molecule has 1 aliphatic carbocycles. The van der Waals surface area contributed by atoms with Crippen molar-refractivity contribution in [1.29, 1.82) is 0 Å². The third-order valence-electron chi connectivity index (χ3n) is 2.86. The lowest BCUT2D eigenvalue weighted by atomic mass is 9.94. The van der Waals surface area contributed by atoms with Crippen LogP contribution in [0, 0.1) is 0 Å². The molecule has 1 atom stereocenters. The summed E-state index contributed by atoms with van der Waals surface area (Å²) in [5, 5.41) is 8.74. The number of hydrogen-bond donors (Lipinski definition) is 2. The van der Waals surface area contributed by atoms with Gasteiger partial charge < -0.3 is 10.8 Å². The summed E-state index contributed by atoms with van der Waals surface area (Å²) < 4.78 is 0. The Hall–Kier alpha value is -1.61. The monoisotopic (exact) mass is 217 g/mol. The molecule has 1 unspecified atom stereocenters. The van der Waals surface area contributed by atoms with Crippen molar-refractivity contribution in [2.75, 3.05) is 0 Å². The van der Waals surface area contributed by atoms with Gasteiger partial charge in [-0.1, -0.05) is 30.4 Å². The van der Waals surface area contributed by atoms with Crippen LogP contribution in [0.1, 0.15) is 23.1 Å². The van der Waals surface area contributed by atoms with Crippen molar-refractivity contribution in [1.82, 2.24) is 0 Å². The van der Waals surface area contributed by atoms with Crippen LogP contribution in [-0.2, 0) is 17.6 Å². The molecule has 16 heavy (non-hydrogen) atoms. The molecule has 0 aliphatic heterocycles. The van der Waals surface area contributed by atoms with E-state index in [-0.39, 0.29) is 0 Å². The van der Waals surface area contributed by atoms with Gasteiger partial charge in [-0.3, -0.25) is 4.79 Å².